The lowest BCUT2D eigenvalue weighted by Crippen LogP contribution is -2.28. The number of furan rings is 1. The molecule has 1 fully saturated rings. The van der Waals surface area contributed by atoms with Gasteiger partial charge in [0.05, 0.1) is 6.26 Å². The minimum absolute atomic E-state index is 0.717. The van der Waals surface area contributed by atoms with Gasteiger partial charge in [-0.15, -0.1) is 0 Å². The summed E-state index contributed by atoms with van der Waals surface area (Å²) in [6.07, 6.45) is 8.19. The van der Waals surface area contributed by atoms with E-state index < -0.39 is 0 Å². The molecule has 0 bridgehead atoms. The molecular weight excluding hydrogens is 174 g/mol. The van der Waals surface area contributed by atoms with Gasteiger partial charge < -0.3 is 10.2 Å². The summed E-state index contributed by atoms with van der Waals surface area (Å²) in [5.74, 6) is 2.59. The molecule has 78 valence electrons. The predicted molar refractivity (Wildman–Crippen MR) is 56.9 cm³/mol. The van der Waals surface area contributed by atoms with Gasteiger partial charge in [0.15, 0.2) is 0 Å². The Kier molecular flexibility index (Phi) is 3.25. The summed E-state index contributed by atoms with van der Waals surface area (Å²) in [5, 5.41) is 0. The van der Waals surface area contributed by atoms with Crippen LogP contribution in [0.15, 0.2) is 22.8 Å². The molecule has 2 N–H and O–H groups in total. The van der Waals surface area contributed by atoms with E-state index in [9.17, 15) is 0 Å². The van der Waals surface area contributed by atoms with Gasteiger partial charge in [-0.1, -0.05) is 12.8 Å². The predicted octanol–water partition coefficient (Wildman–Crippen LogP) is 2.59. The highest BCUT2D eigenvalue weighted by atomic mass is 16.3. The molecule has 1 aliphatic rings. The van der Waals surface area contributed by atoms with Crippen molar-refractivity contribution in [2.45, 2.75) is 32.1 Å². The molecule has 1 saturated carbocycles. The van der Waals surface area contributed by atoms with Crippen LogP contribution in [0.5, 0.6) is 0 Å². The Bertz CT molecular complexity index is 255. The van der Waals surface area contributed by atoms with Crippen molar-refractivity contribution in [2.24, 2.45) is 17.6 Å². The molecule has 0 spiro atoms. The Morgan fingerprint density at radius 3 is 2.71 bits per heavy atom. The van der Waals surface area contributed by atoms with E-state index in [-0.39, 0.29) is 0 Å². The Hall–Kier alpha value is -0.760. The van der Waals surface area contributed by atoms with Crippen molar-refractivity contribution in [1.29, 1.82) is 0 Å². The standard InChI is InChI=1S/C12H19NO/c13-9-11-5-2-1-4-10(11)8-12-6-3-7-14-12/h3,6-7,10-11H,1-2,4-5,8-9,13H2. The quantitative estimate of drug-likeness (QED) is 0.801. The maximum absolute atomic E-state index is 5.79. The third-order valence-corrected chi connectivity index (χ3v) is 3.41. The third kappa shape index (κ3) is 2.18. The van der Waals surface area contributed by atoms with Gasteiger partial charge in [-0.2, -0.15) is 0 Å². The molecule has 2 rings (SSSR count). The summed E-state index contributed by atoms with van der Waals surface area (Å²) in [5.41, 5.74) is 5.79. The molecule has 2 atom stereocenters. The van der Waals surface area contributed by atoms with Crippen molar-refractivity contribution >= 4 is 0 Å². The summed E-state index contributed by atoms with van der Waals surface area (Å²) in [4.78, 5) is 0. The number of nitrogens with two attached hydrogens (primary N) is 1. The van der Waals surface area contributed by atoms with E-state index in [2.05, 4.69) is 6.07 Å². The topological polar surface area (TPSA) is 39.2 Å². The van der Waals surface area contributed by atoms with E-state index in [0.29, 0.717) is 5.92 Å². The van der Waals surface area contributed by atoms with Crippen LogP contribution in [0.3, 0.4) is 0 Å². The summed E-state index contributed by atoms with van der Waals surface area (Å²) in [6, 6.07) is 4.04. The van der Waals surface area contributed by atoms with Crippen molar-refractivity contribution in [3.8, 4) is 0 Å². The van der Waals surface area contributed by atoms with E-state index in [1.54, 1.807) is 6.26 Å². The fourth-order valence-corrected chi connectivity index (χ4v) is 2.55. The second kappa shape index (κ2) is 4.65. The third-order valence-electron chi connectivity index (χ3n) is 3.41. The smallest absolute Gasteiger partial charge is 0.104 e. The van der Waals surface area contributed by atoms with Gasteiger partial charge >= 0.3 is 0 Å². The Balaban J connectivity index is 1.94. The first kappa shape index (κ1) is 9.78. The first-order valence-electron chi connectivity index (χ1n) is 5.62. The van der Waals surface area contributed by atoms with Gasteiger partial charge in [0.1, 0.15) is 5.76 Å². The summed E-state index contributed by atoms with van der Waals surface area (Å²) in [6.45, 7) is 0.839. The minimum Gasteiger partial charge on any atom is -0.469 e. The second-order valence-corrected chi connectivity index (χ2v) is 4.32. The number of rotatable bonds is 3. The molecule has 1 aliphatic carbocycles. The summed E-state index contributed by atoms with van der Waals surface area (Å²) in [7, 11) is 0. The van der Waals surface area contributed by atoms with Crippen LogP contribution < -0.4 is 5.73 Å². The van der Waals surface area contributed by atoms with Crippen LogP contribution in [0.25, 0.3) is 0 Å². The molecule has 0 saturated heterocycles. The highest BCUT2D eigenvalue weighted by Gasteiger charge is 2.24. The molecule has 2 nitrogen and oxygen atoms in total. The summed E-state index contributed by atoms with van der Waals surface area (Å²) >= 11 is 0. The van der Waals surface area contributed by atoms with Crippen LogP contribution >= 0.6 is 0 Å². The normalized spacial score (nSPS) is 27.8. The first-order valence-corrected chi connectivity index (χ1v) is 5.62. The van der Waals surface area contributed by atoms with Gasteiger partial charge in [-0.05, 0) is 43.4 Å². The highest BCUT2D eigenvalue weighted by Crippen LogP contribution is 2.31. The second-order valence-electron chi connectivity index (χ2n) is 4.32. The lowest BCUT2D eigenvalue weighted by Gasteiger charge is -2.29. The average Bonchev–Trinajstić information content (AvgIpc) is 2.71. The van der Waals surface area contributed by atoms with Gasteiger partial charge in [-0.25, -0.2) is 0 Å². The number of hydrogen-bond donors (Lipinski definition) is 1. The molecule has 1 aromatic heterocycles. The Labute approximate surface area is 85.5 Å². The first-order chi connectivity index (χ1) is 6.90. The molecule has 1 aromatic rings. The molecule has 0 aliphatic heterocycles. The zero-order valence-corrected chi connectivity index (χ0v) is 8.61. The molecule has 1 heterocycles. The van der Waals surface area contributed by atoms with Crippen LogP contribution in [0.4, 0.5) is 0 Å². The van der Waals surface area contributed by atoms with E-state index in [0.717, 1.165) is 24.6 Å². The molecule has 0 aromatic carbocycles. The Morgan fingerprint density at radius 1 is 1.29 bits per heavy atom. The van der Waals surface area contributed by atoms with Crippen LogP contribution in [0, 0.1) is 11.8 Å². The van der Waals surface area contributed by atoms with E-state index in [1.165, 1.54) is 25.7 Å². The highest BCUT2D eigenvalue weighted by molar-refractivity contribution is 5.00. The van der Waals surface area contributed by atoms with Gasteiger partial charge in [0, 0.05) is 6.42 Å². The maximum Gasteiger partial charge on any atom is 0.104 e. The van der Waals surface area contributed by atoms with Crippen LogP contribution in [0.1, 0.15) is 31.4 Å². The largest absolute Gasteiger partial charge is 0.469 e. The molecule has 0 radical (unpaired) electrons. The lowest BCUT2D eigenvalue weighted by molar-refractivity contribution is 0.231. The van der Waals surface area contributed by atoms with Crippen molar-refractivity contribution in [2.75, 3.05) is 6.54 Å². The van der Waals surface area contributed by atoms with Crippen molar-refractivity contribution in [3.63, 3.8) is 0 Å². The average molecular weight is 193 g/mol. The van der Waals surface area contributed by atoms with E-state index in [4.69, 9.17) is 10.2 Å². The Morgan fingerprint density at radius 2 is 2.07 bits per heavy atom. The molecule has 14 heavy (non-hydrogen) atoms. The fraction of sp³-hybridized carbons (Fsp3) is 0.667. The lowest BCUT2D eigenvalue weighted by atomic mass is 9.77. The van der Waals surface area contributed by atoms with Gasteiger partial charge in [0.25, 0.3) is 0 Å². The zero-order valence-electron chi connectivity index (χ0n) is 8.61. The van der Waals surface area contributed by atoms with E-state index in [1.807, 2.05) is 6.07 Å². The fourth-order valence-electron chi connectivity index (χ4n) is 2.55. The van der Waals surface area contributed by atoms with Crippen molar-refractivity contribution < 1.29 is 4.42 Å². The number of hydrogen-bond acceptors (Lipinski definition) is 2. The van der Waals surface area contributed by atoms with Crippen molar-refractivity contribution in [1.82, 2.24) is 0 Å². The molecule has 2 heteroatoms. The molecular formula is C12H19NO. The van der Waals surface area contributed by atoms with Crippen LogP contribution in [-0.2, 0) is 6.42 Å². The van der Waals surface area contributed by atoms with Crippen LogP contribution in [-0.4, -0.2) is 6.54 Å². The maximum atomic E-state index is 5.79. The summed E-state index contributed by atoms with van der Waals surface area (Å²) < 4.78 is 5.39. The monoisotopic (exact) mass is 193 g/mol. The van der Waals surface area contributed by atoms with E-state index >= 15 is 0 Å². The zero-order chi connectivity index (χ0) is 9.80. The minimum atomic E-state index is 0.717. The van der Waals surface area contributed by atoms with Crippen LogP contribution in [0.2, 0.25) is 0 Å². The SMILES string of the molecule is NCC1CCCCC1Cc1ccco1. The molecule has 0 amide bonds. The molecule has 2 unspecified atom stereocenters. The van der Waals surface area contributed by atoms with Gasteiger partial charge in [-0.3, -0.25) is 0 Å². The van der Waals surface area contributed by atoms with Crippen molar-refractivity contribution in [3.05, 3.63) is 24.2 Å². The van der Waals surface area contributed by atoms with Gasteiger partial charge in [0.2, 0.25) is 0 Å².